The van der Waals surface area contributed by atoms with E-state index in [9.17, 15) is 19.5 Å². The van der Waals surface area contributed by atoms with Crippen molar-refractivity contribution >= 4 is 40.5 Å². The number of nitrogens with one attached hydrogen (secondary N) is 1. The molecule has 1 saturated carbocycles. The number of amides is 1. The van der Waals surface area contributed by atoms with Crippen molar-refractivity contribution in [3.63, 3.8) is 0 Å². The molecule has 120 valence electrons. The Hall–Kier alpha value is -0.690. The first-order valence-electron chi connectivity index (χ1n) is 7.07. The summed E-state index contributed by atoms with van der Waals surface area (Å²) in [4.78, 5) is 35.0. The predicted octanol–water partition coefficient (Wildman–Crippen LogP) is 2.15. The van der Waals surface area contributed by atoms with Crippen molar-refractivity contribution in [3.05, 3.63) is 0 Å². The Morgan fingerprint density at radius 1 is 1.29 bits per heavy atom. The standard InChI is InChI=1S/C14H23NO4S2/c1-10(16)21-9-14(6-3-4-7-14)13(19)15-11(12(17)18)5-8-20-2/h11H,3-9H2,1-2H3,(H,15,19)(H,17,18). The quantitative estimate of drug-likeness (QED) is 0.708. The van der Waals surface area contributed by atoms with Crippen LogP contribution >= 0.6 is 23.5 Å². The summed E-state index contributed by atoms with van der Waals surface area (Å²) in [6.45, 7) is 1.49. The first kappa shape index (κ1) is 18.4. The zero-order valence-electron chi connectivity index (χ0n) is 12.5. The molecule has 1 unspecified atom stereocenters. The Morgan fingerprint density at radius 3 is 2.38 bits per heavy atom. The number of carbonyl (C=O) groups excluding carboxylic acids is 2. The van der Waals surface area contributed by atoms with E-state index in [0.717, 1.165) is 37.4 Å². The van der Waals surface area contributed by atoms with Crippen LogP contribution in [-0.2, 0) is 14.4 Å². The number of hydrogen-bond acceptors (Lipinski definition) is 5. The van der Waals surface area contributed by atoms with Gasteiger partial charge in [0.05, 0.1) is 5.41 Å². The molecule has 0 spiro atoms. The molecule has 0 heterocycles. The highest BCUT2D eigenvalue weighted by molar-refractivity contribution is 8.13. The van der Waals surface area contributed by atoms with Gasteiger partial charge in [0.2, 0.25) is 5.91 Å². The van der Waals surface area contributed by atoms with Crippen molar-refractivity contribution in [2.45, 2.75) is 45.1 Å². The van der Waals surface area contributed by atoms with E-state index in [-0.39, 0.29) is 11.0 Å². The third kappa shape index (κ3) is 5.54. The summed E-state index contributed by atoms with van der Waals surface area (Å²) in [5.41, 5.74) is -0.580. The van der Waals surface area contributed by atoms with Gasteiger partial charge in [-0.25, -0.2) is 4.79 Å². The molecule has 21 heavy (non-hydrogen) atoms. The second-order valence-electron chi connectivity index (χ2n) is 5.41. The summed E-state index contributed by atoms with van der Waals surface area (Å²) in [5.74, 6) is -0.0674. The SMILES string of the molecule is CSCCC(NC(=O)C1(CSC(C)=O)CCCC1)C(=O)O. The first-order chi connectivity index (χ1) is 9.91. The maximum Gasteiger partial charge on any atom is 0.326 e. The number of aliphatic carboxylic acids is 1. The molecule has 1 fully saturated rings. The number of carboxylic acid groups (broad SMARTS) is 1. The molecule has 1 aliphatic carbocycles. The smallest absolute Gasteiger partial charge is 0.326 e. The minimum absolute atomic E-state index is 0.00811. The van der Waals surface area contributed by atoms with Crippen LogP contribution in [0.1, 0.15) is 39.0 Å². The fourth-order valence-electron chi connectivity index (χ4n) is 2.53. The topological polar surface area (TPSA) is 83.5 Å². The van der Waals surface area contributed by atoms with Crippen molar-refractivity contribution in [1.29, 1.82) is 0 Å². The summed E-state index contributed by atoms with van der Waals surface area (Å²) in [6.07, 6.45) is 5.69. The Balaban J connectivity index is 2.71. The zero-order chi connectivity index (χ0) is 15.9. The lowest BCUT2D eigenvalue weighted by Gasteiger charge is -2.28. The van der Waals surface area contributed by atoms with Crippen LogP contribution in [0.2, 0.25) is 0 Å². The lowest BCUT2D eigenvalue weighted by atomic mass is 9.87. The second-order valence-corrected chi connectivity index (χ2v) is 7.55. The summed E-state index contributed by atoms with van der Waals surface area (Å²) in [5, 5.41) is 11.9. The minimum atomic E-state index is -0.996. The molecule has 5 nitrogen and oxygen atoms in total. The molecule has 0 bridgehead atoms. The molecule has 0 aliphatic heterocycles. The highest BCUT2D eigenvalue weighted by Crippen LogP contribution is 2.41. The van der Waals surface area contributed by atoms with E-state index in [2.05, 4.69) is 5.32 Å². The zero-order valence-corrected chi connectivity index (χ0v) is 14.1. The Morgan fingerprint density at radius 2 is 1.90 bits per heavy atom. The lowest BCUT2D eigenvalue weighted by molar-refractivity contribution is -0.143. The highest BCUT2D eigenvalue weighted by atomic mass is 32.2. The lowest BCUT2D eigenvalue weighted by Crippen LogP contribution is -2.49. The summed E-state index contributed by atoms with van der Waals surface area (Å²) in [6, 6.07) is -0.843. The fraction of sp³-hybridized carbons (Fsp3) is 0.786. The Kier molecular flexibility index (Phi) is 7.59. The molecule has 2 N–H and O–H groups in total. The summed E-state index contributed by atoms with van der Waals surface area (Å²) < 4.78 is 0. The average Bonchev–Trinajstić information content (AvgIpc) is 2.90. The maximum absolute atomic E-state index is 12.6. The van der Waals surface area contributed by atoms with Crippen LogP contribution in [-0.4, -0.2) is 45.9 Å². The van der Waals surface area contributed by atoms with Crippen LogP contribution in [0.3, 0.4) is 0 Å². The summed E-state index contributed by atoms with van der Waals surface area (Å²) in [7, 11) is 0. The van der Waals surface area contributed by atoms with Crippen molar-refractivity contribution in [2.24, 2.45) is 5.41 Å². The number of carbonyl (C=O) groups is 3. The van der Waals surface area contributed by atoms with Gasteiger partial charge in [-0.2, -0.15) is 11.8 Å². The van der Waals surface area contributed by atoms with Gasteiger partial charge in [0.15, 0.2) is 5.12 Å². The van der Waals surface area contributed by atoms with Gasteiger partial charge in [0, 0.05) is 12.7 Å². The van der Waals surface area contributed by atoms with Gasteiger partial charge in [0.25, 0.3) is 0 Å². The van der Waals surface area contributed by atoms with Crippen LogP contribution in [0.15, 0.2) is 0 Å². The van der Waals surface area contributed by atoms with Crippen molar-refractivity contribution in [2.75, 3.05) is 17.8 Å². The van der Waals surface area contributed by atoms with E-state index in [1.165, 1.54) is 6.92 Å². The molecular formula is C14H23NO4S2. The van der Waals surface area contributed by atoms with Gasteiger partial charge in [-0.15, -0.1) is 0 Å². The Labute approximate surface area is 134 Å². The number of thioether (sulfide) groups is 2. The average molecular weight is 333 g/mol. The molecule has 7 heteroatoms. The van der Waals surface area contributed by atoms with Gasteiger partial charge in [-0.3, -0.25) is 9.59 Å². The fourth-order valence-corrected chi connectivity index (χ4v) is 3.90. The van der Waals surface area contributed by atoms with Gasteiger partial charge in [-0.1, -0.05) is 24.6 Å². The van der Waals surface area contributed by atoms with E-state index in [1.807, 2.05) is 6.26 Å². The van der Waals surface area contributed by atoms with Gasteiger partial charge in [-0.05, 0) is 31.3 Å². The van der Waals surface area contributed by atoms with Crippen molar-refractivity contribution in [3.8, 4) is 0 Å². The molecule has 1 rings (SSSR count). The molecule has 1 atom stereocenters. The maximum atomic E-state index is 12.6. The molecule has 1 amide bonds. The second kappa shape index (κ2) is 8.68. The third-order valence-electron chi connectivity index (χ3n) is 3.81. The Bertz CT molecular complexity index is 394. The first-order valence-corrected chi connectivity index (χ1v) is 9.45. The molecular weight excluding hydrogens is 310 g/mol. The van der Waals surface area contributed by atoms with Crippen LogP contribution in [0.5, 0.6) is 0 Å². The van der Waals surface area contributed by atoms with E-state index in [1.54, 1.807) is 11.8 Å². The molecule has 0 radical (unpaired) electrons. The normalized spacial score (nSPS) is 18.2. The van der Waals surface area contributed by atoms with Crippen molar-refractivity contribution < 1.29 is 19.5 Å². The number of hydrogen-bond donors (Lipinski definition) is 2. The number of carboxylic acids is 1. The number of rotatable bonds is 8. The van der Waals surface area contributed by atoms with Gasteiger partial charge < -0.3 is 10.4 Å². The summed E-state index contributed by atoms with van der Waals surface area (Å²) >= 11 is 2.71. The highest BCUT2D eigenvalue weighted by Gasteiger charge is 2.42. The van der Waals surface area contributed by atoms with E-state index in [4.69, 9.17) is 0 Å². The van der Waals surface area contributed by atoms with Crippen molar-refractivity contribution in [1.82, 2.24) is 5.32 Å². The molecule has 1 aliphatic rings. The van der Waals surface area contributed by atoms with Crippen LogP contribution in [0, 0.1) is 5.41 Å². The van der Waals surface area contributed by atoms with Crippen LogP contribution in [0.25, 0.3) is 0 Å². The van der Waals surface area contributed by atoms with Gasteiger partial charge in [0.1, 0.15) is 6.04 Å². The van der Waals surface area contributed by atoms with Crippen LogP contribution < -0.4 is 5.32 Å². The van der Waals surface area contributed by atoms with E-state index < -0.39 is 17.4 Å². The van der Waals surface area contributed by atoms with Gasteiger partial charge >= 0.3 is 5.97 Å². The molecule has 0 aromatic heterocycles. The van der Waals surface area contributed by atoms with E-state index >= 15 is 0 Å². The van der Waals surface area contributed by atoms with E-state index in [0.29, 0.717) is 17.9 Å². The molecule has 0 aromatic carbocycles. The minimum Gasteiger partial charge on any atom is -0.480 e. The monoisotopic (exact) mass is 333 g/mol. The van der Waals surface area contributed by atoms with Crippen LogP contribution in [0.4, 0.5) is 0 Å². The third-order valence-corrected chi connectivity index (χ3v) is 5.56. The molecule has 0 saturated heterocycles. The largest absolute Gasteiger partial charge is 0.480 e. The predicted molar refractivity (Wildman–Crippen MR) is 86.6 cm³/mol. The molecule has 0 aromatic rings.